The molecule has 0 unspecified atom stereocenters. The normalized spacial score (nSPS) is 25.3. The minimum Gasteiger partial charge on any atom is -0.496 e. The number of benzene rings is 2. The number of amides is 2. The fourth-order valence-electron chi connectivity index (χ4n) is 4.92. The van der Waals surface area contributed by atoms with E-state index >= 15 is 0 Å². The maximum absolute atomic E-state index is 13.6. The average Bonchev–Trinajstić information content (AvgIpc) is 3.03. The highest BCUT2D eigenvalue weighted by atomic mass is 79.9. The number of methoxy groups -OCH3 is 1. The van der Waals surface area contributed by atoms with Crippen LogP contribution in [0, 0.1) is 11.8 Å². The molecule has 4 atom stereocenters. The van der Waals surface area contributed by atoms with Crippen molar-refractivity contribution in [3.05, 3.63) is 63.6 Å². The molecule has 6 heteroatoms. The second kappa shape index (κ2) is 9.03. The Morgan fingerprint density at radius 1 is 1.19 bits per heavy atom. The summed E-state index contributed by atoms with van der Waals surface area (Å²) in [5, 5.41) is 3.28. The minimum atomic E-state index is -0.642. The lowest BCUT2D eigenvalue weighted by molar-refractivity contribution is -0.127. The Balaban J connectivity index is 1.65. The highest BCUT2D eigenvalue weighted by Crippen LogP contribution is 2.38. The molecule has 1 heterocycles. The van der Waals surface area contributed by atoms with Crippen LogP contribution in [0.2, 0.25) is 0 Å². The molecule has 2 aliphatic rings. The summed E-state index contributed by atoms with van der Waals surface area (Å²) >= 11 is 3.50. The number of carbonyl (C=O) groups excluding carboxylic acids is 2. The first-order chi connectivity index (χ1) is 14.9. The number of halogens is 1. The third-order valence-electron chi connectivity index (χ3n) is 6.92. The van der Waals surface area contributed by atoms with Crippen molar-refractivity contribution in [2.45, 2.75) is 51.7 Å². The fourth-order valence-corrected chi connectivity index (χ4v) is 5.33. The first-order valence-corrected chi connectivity index (χ1v) is 11.7. The van der Waals surface area contributed by atoms with Crippen molar-refractivity contribution < 1.29 is 14.3 Å². The van der Waals surface area contributed by atoms with E-state index in [0.29, 0.717) is 29.7 Å². The molecule has 1 aliphatic carbocycles. The summed E-state index contributed by atoms with van der Waals surface area (Å²) in [5.74, 6) is 1.48. The van der Waals surface area contributed by atoms with Crippen LogP contribution < -0.4 is 10.1 Å². The molecule has 2 aromatic rings. The number of hydrogen-bond acceptors (Lipinski definition) is 3. The van der Waals surface area contributed by atoms with Gasteiger partial charge in [0.2, 0.25) is 5.91 Å². The molecule has 5 nitrogen and oxygen atoms in total. The van der Waals surface area contributed by atoms with Crippen LogP contribution in [0.4, 0.5) is 0 Å². The molecule has 2 aromatic carbocycles. The Bertz CT molecular complexity index is 992. The maximum Gasteiger partial charge on any atom is 0.255 e. The molecular formula is C25H29BrN2O3. The van der Waals surface area contributed by atoms with Crippen LogP contribution in [0.1, 0.15) is 60.6 Å². The van der Waals surface area contributed by atoms with Crippen molar-refractivity contribution in [2.75, 3.05) is 7.11 Å². The highest BCUT2D eigenvalue weighted by molar-refractivity contribution is 9.10. The van der Waals surface area contributed by atoms with E-state index in [1.54, 1.807) is 18.1 Å². The first kappa shape index (κ1) is 21.9. The van der Waals surface area contributed by atoms with Gasteiger partial charge in [0, 0.05) is 21.6 Å². The van der Waals surface area contributed by atoms with Crippen molar-refractivity contribution in [1.82, 2.24) is 10.2 Å². The maximum atomic E-state index is 13.6. The second-order valence-corrected chi connectivity index (χ2v) is 9.68. The summed E-state index contributed by atoms with van der Waals surface area (Å²) in [5.41, 5.74) is 2.23. The third-order valence-corrected chi connectivity index (χ3v) is 7.42. The van der Waals surface area contributed by atoms with Gasteiger partial charge in [-0.3, -0.25) is 9.59 Å². The lowest BCUT2D eigenvalue weighted by Gasteiger charge is -2.36. The molecule has 31 heavy (non-hydrogen) atoms. The van der Waals surface area contributed by atoms with Gasteiger partial charge in [-0.1, -0.05) is 60.8 Å². The molecule has 1 aliphatic heterocycles. The molecule has 0 bridgehead atoms. The molecule has 164 valence electrons. The largest absolute Gasteiger partial charge is 0.496 e. The Kier molecular flexibility index (Phi) is 6.37. The summed E-state index contributed by atoms with van der Waals surface area (Å²) < 4.78 is 6.41. The van der Waals surface area contributed by atoms with Crippen LogP contribution >= 0.6 is 15.9 Å². The molecule has 2 amide bonds. The molecule has 1 N–H and O–H groups in total. The summed E-state index contributed by atoms with van der Waals surface area (Å²) in [6, 6.07) is 12.6. The summed E-state index contributed by atoms with van der Waals surface area (Å²) in [6.45, 7) is 4.76. The monoisotopic (exact) mass is 484 g/mol. The van der Waals surface area contributed by atoms with E-state index in [4.69, 9.17) is 4.74 Å². The van der Waals surface area contributed by atoms with Gasteiger partial charge in [0.1, 0.15) is 11.8 Å². The van der Waals surface area contributed by atoms with Crippen molar-refractivity contribution in [1.29, 1.82) is 0 Å². The zero-order chi connectivity index (χ0) is 22.1. The van der Waals surface area contributed by atoms with Gasteiger partial charge in [-0.25, -0.2) is 0 Å². The zero-order valence-corrected chi connectivity index (χ0v) is 19.8. The van der Waals surface area contributed by atoms with E-state index in [0.717, 1.165) is 28.4 Å². The number of nitrogens with zero attached hydrogens (tertiary/aromatic N) is 1. The van der Waals surface area contributed by atoms with Crippen molar-refractivity contribution >= 4 is 27.7 Å². The van der Waals surface area contributed by atoms with Crippen LogP contribution in [-0.4, -0.2) is 29.9 Å². The van der Waals surface area contributed by atoms with Crippen molar-refractivity contribution in [3.63, 3.8) is 0 Å². The minimum absolute atomic E-state index is 0.0989. The molecule has 0 spiro atoms. The summed E-state index contributed by atoms with van der Waals surface area (Å²) in [6.07, 6.45) is 3.31. The van der Waals surface area contributed by atoms with E-state index in [1.165, 1.54) is 6.42 Å². The van der Waals surface area contributed by atoms with Gasteiger partial charge in [0.25, 0.3) is 5.91 Å². The topological polar surface area (TPSA) is 58.6 Å². The van der Waals surface area contributed by atoms with Gasteiger partial charge in [0.15, 0.2) is 0 Å². The van der Waals surface area contributed by atoms with Gasteiger partial charge >= 0.3 is 0 Å². The fraction of sp³-hybridized carbons (Fsp3) is 0.440. The number of ether oxygens (including phenoxy) is 1. The van der Waals surface area contributed by atoms with E-state index in [1.807, 2.05) is 36.4 Å². The number of nitrogens with one attached hydrogen (secondary N) is 1. The number of fused-ring (bicyclic) bond motifs is 1. The van der Waals surface area contributed by atoms with E-state index in [9.17, 15) is 9.59 Å². The molecule has 0 radical (unpaired) electrons. The van der Waals surface area contributed by atoms with Crippen LogP contribution in [0.5, 0.6) is 5.75 Å². The second-order valence-electron chi connectivity index (χ2n) is 8.76. The van der Waals surface area contributed by atoms with Crippen LogP contribution in [0.3, 0.4) is 0 Å². The number of carbonyl (C=O) groups is 2. The van der Waals surface area contributed by atoms with Crippen LogP contribution in [0.15, 0.2) is 46.9 Å². The summed E-state index contributed by atoms with van der Waals surface area (Å²) in [4.78, 5) is 28.5. The Morgan fingerprint density at radius 2 is 1.97 bits per heavy atom. The zero-order valence-electron chi connectivity index (χ0n) is 18.2. The lowest BCUT2D eigenvalue weighted by atomic mass is 9.78. The molecule has 0 saturated heterocycles. The van der Waals surface area contributed by atoms with Gasteiger partial charge in [-0.2, -0.15) is 0 Å². The lowest BCUT2D eigenvalue weighted by Crippen LogP contribution is -2.48. The Labute approximate surface area is 192 Å². The predicted octanol–water partition coefficient (Wildman–Crippen LogP) is 5.10. The van der Waals surface area contributed by atoms with E-state index < -0.39 is 6.04 Å². The van der Waals surface area contributed by atoms with Gasteiger partial charge < -0.3 is 15.0 Å². The Morgan fingerprint density at radius 3 is 2.74 bits per heavy atom. The van der Waals surface area contributed by atoms with Gasteiger partial charge in [0.05, 0.1) is 13.7 Å². The quantitative estimate of drug-likeness (QED) is 0.642. The van der Waals surface area contributed by atoms with Crippen molar-refractivity contribution in [3.8, 4) is 5.75 Å². The molecule has 1 fully saturated rings. The number of hydrogen-bond donors (Lipinski definition) is 1. The molecule has 4 rings (SSSR count). The molecule has 1 saturated carbocycles. The molecule has 0 aromatic heterocycles. The average molecular weight is 485 g/mol. The van der Waals surface area contributed by atoms with E-state index in [2.05, 4.69) is 35.1 Å². The van der Waals surface area contributed by atoms with Crippen LogP contribution in [0.25, 0.3) is 0 Å². The third kappa shape index (κ3) is 4.22. The standard InChI is InChI=1S/C25H29BrN2O3/c1-15-7-6-10-21(16(15)2)27-24(29)23-19-8-4-5-9-20(19)25(30)28(23)14-17-13-18(26)11-12-22(17)31-3/h4-5,8-9,11-13,15-16,21,23H,6-7,10,14H2,1-3H3,(H,27,29)/t15-,16+,21-,23-/m1/s1. The Hall–Kier alpha value is -2.34. The SMILES string of the molecule is COc1ccc(Br)cc1CN1C(=O)c2ccccc2[C@@H]1C(=O)N[C@@H]1CCC[C@@H](C)[C@@H]1C. The smallest absolute Gasteiger partial charge is 0.255 e. The van der Waals surface area contributed by atoms with E-state index in [-0.39, 0.29) is 17.9 Å². The molecular weight excluding hydrogens is 456 g/mol. The summed E-state index contributed by atoms with van der Waals surface area (Å²) in [7, 11) is 1.61. The predicted molar refractivity (Wildman–Crippen MR) is 124 cm³/mol. The highest BCUT2D eigenvalue weighted by Gasteiger charge is 2.42. The van der Waals surface area contributed by atoms with Gasteiger partial charge in [-0.05, 0) is 48.1 Å². The first-order valence-electron chi connectivity index (χ1n) is 10.9. The number of rotatable bonds is 5. The van der Waals surface area contributed by atoms with Gasteiger partial charge in [-0.15, -0.1) is 0 Å². The van der Waals surface area contributed by atoms with Crippen LogP contribution in [-0.2, 0) is 11.3 Å². The van der Waals surface area contributed by atoms with Crippen molar-refractivity contribution in [2.24, 2.45) is 11.8 Å².